The van der Waals surface area contributed by atoms with Gasteiger partial charge in [0.1, 0.15) is 5.82 Å². The van der Waals surface area contributed by atoms with E-state index in [-0.39, 0.29) is 0 Å². The van der Waals surface area contributed by atoms with Crippen molar-refractivity contribution in [2.45, 2.75) is 25.6 Å². The maximum Gasteiger partial charge on any atom is 0.113 e. The van der Waals surface area contributed by atoms with Crippen LogP contribution in [0, 0.1) is 0 Å². The minimum absolute atomic E-state index is 0.436. The number of hydrogen-bond acceptors (Lipinski definition) is 2. The summed E-state index contributed by atoms with van der Waals surface area (Å²) in [5.41, 5.74) is 1.96. The van der Waals surface area contributed by atoms with Crippen LogP contribution in [0.15, 0.2) is 30.7 Å². The van der Waals surface area contributed by atoms with Crippen LogP contribution in [0.2, 0.25) is 0 Å². The van der Waals surface area contributed by atoms with Crippen molar-refractivity contribution in [1.29, 1.82) is 0 Å². The Hall–Kier alpha value is -1.35. The Morgan fingerprint density at radius 3 is 2.94 bits per heavy atom. The van der Waals surface area contributed by atoms with Crippen molar-refractivity contribution < 1.29 is 0 Å². The molecule has 0 saturated heterocycles. The number of nitrogens with zero attached hydrogens (tertiary/aromatic N) is 3. The van der Waals surface area contributed by atoms with Gasteiger partial charge in [0.05, 0.1) is 17.3 Å². The summed E-state index contributed by atoms with van der Waals surface area (Å²) in [6, 6.07) is 3.96. The molecule has 4 heteroatoms. The highest BCUT2D eigenvalue weighted by Crippen LogP contribution is 2.13. The van der Waals surface area contributed by atoms with E-state index < -0.39 is 0 Å². The topological polar surface area (TPSA) is 30.7 Å². The van der Waals surface area contributed by atoms with Gasteiger partial charge in [-0.2, -0.15) is 0 Å². The van der Waals surface area contributed by atoms with Gasteiger partial charge in [-0.15, -0.1) is 11.6 Å². The molecule has 3 nitrogen and oxygen atoms in total. The summed E-state index contributed by atoms with van der Waals surface area (Å²) in [5.74, 6) is 1.51. The summed E-state index contributed by atoms with van der Waals surface area (Å²) in [6.07, 6.45) is 7.64. The monoisotopic (exact) mass is 235 g/mol. The summed E-state index contributed by atoms with van der Waals surface area (Å²) in [7, 11) is 0. The lowest BCUT2D eigenvalue weighted by atomic mass is 10.3. The van der Waals surface area contributed by atoms with Gasteiger partial charge in [0.15, 0.2) is 0 Å². The van der Waals surface area contributed by atoms with Crippen LogP contribution in [0.4, 0.5) is 0 Å². The molecule has 2 aromatic rings. The van der Waals surface area contributed by atoms with Crippen molar-refractivity contribution in [1.82, 2.24) is 14.5 Å². The fourth-order valence-electron chi connectivity index (χ4n) is 1.67. The number of alkyl halides is 1. The molecule has 0 saturated carbocycles. The Morgan fingerprint density at radius 1 is 1.31 bits per heavy atom. The minimum Gasteiger partial charge on any atom is -0.304 e. The van der Waals surface area contributed by atoms with Crippen LogP contribution in [0.3, 0.4) is 0 Å². The predicted molar refractivity (Wildman–Crippen MR) is 64.9 cm³/mol. The van der Waals surface area contributed by atoms with Crippen molar-refractivity contribution in [3.05, 3.63) is 42.2 Å². The molecule has 0 spiro atoms. The van der Waals surface area contributed by atoms with Crippen molar-refractivity contribution in [3.8, 4) is 5.69 Å². The zero-order chi connectivity index (χ0) is 11.4. The summed E-state index contributed by atoms with van der Waals surface area (Å²) in [6.45, 7) is 2.15. The highest BCUT2D eigenvalue weighted by atomic mass is 35.5. The number of imidazole rings is 1. The molecule has 2 rings (SSSR count). The second-order valence-electron chi connectivity index (χ2n) is 3.60. The van der Waals surface area contributed by atoms with E-state index in [0.717, 1.165) is 30.0 Å². The maximum absolute atomic E-state index is 5.77. The van der Waals surface area contributed by atoms with E-state index in [4.69, 9.17) is 11.6 Å². The van der Waals surface area contributed by atoms with E-state index in [0.29, 0.717) is 5.88 Å². The summed E-state index contributed by atoms with van der Waals surface area (Å²) in [5, 5.41) is 0. The SMILES string of the molecule is CCCc1nccn1-c1ccnc(CCl)c1. The first-order valence-electron chi connectivity index (χ1n) is 5.38. The Balaban J connectivity index is 2.37. The lowest BCUT2D eigenvalue weighted by Crippen LogP contribution is -2.01. The van der Waals surface area contributed by atoms with E-state index in [1.54, 1.807) is 6.20 Å². The lowest BCUT2D eigenvalue weighted by molar-refractivity contribution is 0.807. The highest BCUT2D eigenvalue weighted by molar-refractivity contribution is 6.16. The molecule has 0 aliphatic carbocycles. The number of pyridine rings is 1. The van der Waals surface area contributed by atoms with Gasteiger partial charge in [-0.05, 0) is 18.6 Å². The van der Waals surface area contributed by atoms with Gasteiger partial charge in [-0.1, -0.05) is 6.92 Å². The molecule has 0 fully saturated rings. The van der Waals surface area contributed by atoms with Gasteiger partial charge in [0.25, 0.3) is 0 Å². The number of rotatable bonds is 4. The molecule has 84 valence electrons. The van der Waals surface area contributed by atoms with Crippen LogP contribution in [0.5, 0.6) is 0 Å². The molecule has 0 aliphatic rings. The van der Waals surface area contributed by atoms with E-state index in [1.165, 1.54) is 0 Å². The fraction of sp³-hybridized carbons (Fsp3) is 0.333. The first-order valence-corrected chi connectivity index (χ1v) is 5.92. The predicted octanol–water partition coefficient (Wildman–Crippen LogP) is 2.96. The normalized spacial score (nSPS) is 10.6. The Morgan fingerprint density at radius 2 is 2.19 bits per heavy atom. The molecular weight excluding hydrogens is 222 g/mol. The quantitative estimate of drug-likeness (QED) is 0.763. The van der Waals surface area contributed by atoms with Gasteiger partial charge in [0, 0.05) is 25.0 Å². The first-order chi connectivity index (χ1) is 7.85. The van der Waals surface area contributed by atoms with Crippen molar-refractivity contribution in [3.63, 3.8) is 0 Å². The third-order valence-electron chi connectivity index (χ3n) is 2.41. The number of halogens is 1. The Bertz CT molecular complexity index is 465. The maximum atomic E-state index is 5.77. The molecule has 0 unspecified atom stereocenters. The molecule has 0 N–H and O–H groups in total. The average molecular weight is 236 g/mol. The standard InChI is InChI=1S/C12H14ClN3/c1-2-3-12-15-6-7-16(12)11-4-5-14-10(8-11)9-13/h4-8H,2-3,9H2,1H3. The number of aryl methyl sites for hydroxylation is 1. The van der Waals surface area contributed by atoms with Gasteiger partial charge in [-0.25, -0.2) is 4.98 Å². The Labute approximate surface area is 100 Å². The van der Waals surface area contributed by atoms with Crippen LogP contribution >= 0.6 is 11.6 Å². The molecule has 0 amide bonds. The van der Waals surface area contributed by atoms with Crippen LogP contribution in [-0.4, -0.2) is 14.5 Å². The Kier molecular flexibility index (Phi) is 3.57. The number of aromatic nitrogens is 3. The largest absolute Gasteiger partial charge is 0.304 e. The van der Waals surface area contributed by atoms with E-state index in [9.17, 15) is 0 Å². The van der Waals surface area contributed by atoms with Gasteiger partial charge < -0.3 is 4.57 Å². The van der Waals surface area contributed by atoms with E-state index in [2.05, 4.69) is 21.5 Å². The molecule has 0 atom stereocenters. The third kappa shape index (κ3) is 2.25. The molecule has 0 bridgehead atoms. The summed E-state index contributed by atoms with van der Waals surface area (Å²) >= 11 is 5.77. The van der Waals surface area contributed by atoms with Crippen molar-refractivity contribution in [2.75, 3.05) is 0 Å². The van der Waals surface area contributed by atoms with Crippen LogP contribution < -0.4 is 0 Å². The smallest absolute Gasteiger partial charge is 0.113 e. The summed E-state index contributed by atoms with van der Waals surface area (Å²) in [4.78, 5) is 8.53. The molecule has 2 heterocycles. The highest BCUT2D eigenvalue weighted by Gasteiger charge is 2.04. The zero-order valence-corrected chi connectivity index (χ0v) is 9.98. The van der Waals surface area contributed by atoms with Crippen molar-refractivity contribution >= 4 is 11.6 Å². The van der Waals surface area contributed by atoms with Crippen molar-refractivity contribution in [2.24, 2.45) is 0 Å². The first kappa shape index (κ1) is 11.1. The van der Waals surface area contributed by atoms with Gasteiger partial charge in [-0.3, -0.25) is 4.98 Å². The molecule has 0 aromatic carbocycles. The van der Waals surface area contributed by atoms with Crippen LogP contribution in [0.25, 0.3) is 5.69 Å². The van der Waals surface area contributed by atoms with Gasteiger partial charge >= 0.3 is 0 Å². The van der Waals surface area contributed by atoms with Crippen LogP contribution in [0.1, 0.15) is 24.9 Å². The third-order valence-corrected chi connectivity index (χ3v) is 2.68. The van der Waals surface area contributed by atoms with Gasteiger partial charge in [0.2, 0.25) is 0 Å². The second kappa shape index (κ2) is 5.12. The zero-order valence-electron chi connectivity index (χ0n) is 9.23. The lowest BCUT2D eigenvalue weighted by Gasteiger charge is -2.07. The van der Waals surface area contributed by atoms with Crippen LogP contribution in [-0.2, 0) is 12.3 Å². The van der Waals surface area contributed by atoms with E-state index in [1.807, 2.05) is 24.5 Å². The molecule has 2 aromatic heterocycles. The fourth-order valence-corrected chi connectivity index (χ4v) is 1.81. The molecule has 0 radical (unpaired) electrons. The number of hydrogen-bond donors (Lipinski definition) is 0. The minimum atomic E-state index is 0.436. The average Bonchev–Trinajstić information content (AvgIpc) is 2.78. The molecule has 0 aliphatic heterocycles. The van der Waals surface area contributed by atoms with E-state index >= 15 is 0 Å². The second-order valence-corrected chi connectivity index (χ2v) is 3.87. The molecular formula is C12H14ClN3. The molecule has 16 heavy (non-hydrogen) atoms. The summed E-state index contributed by atoms with van der Waals surface area (Å²) < 4.78 is 2.08.